The van der Waals surface area contributed by atoms with E-state index in [0.717, 1.165) is 42.0 Å². The van der Waals surface area contributed by atoms with Crippen LogP contribution in [-0.4, -0.2) is 18.4 Å². The topological polar surface area (TPSA) is 35.5 Å². The average molecular weight is 488 g/mol. The van der Waals surface area contributed by atoms with Crippen LogP contribution in [0.1, 0.15) is 0 Å². The molecule has 3 nitrogen and oxygen atoms in total. The Balaban J connectivity index is 2.21. The molecule has 4 aromatic rings. The maximum absolute atomic E-state index is 12.7. The minimum atomic E-state index is -1.57. The summed E-state index contributed by atoms with van der Waals surface area (Å²) in [5.41, 5.74) is 1.82. The number of fused-ring (bicyclic) bond motifs is 2. The number of ether oxygens (including phenoxy) is 1. The lowest BCUT2D eigenvalue weighted by atomic mass is 9.93. The summed E-state index contributed by atoms with van der Waals surface area (Å²) in [4.78, 5) is 0.639. The molecule has 0 saturated carbocycles. The predicted octanol–water partition coefficient (Wildman–Crippen LogP) is 5.94. The van der Waals surface area contributed by atoms with Crippen LogP contribution in [0.4, 0.5) is 0 Å². The van der Waals surface area contributed by atoms with E-state index in [4.69, 9.17) is 8.92 Å². The second-order valence-electron chi connectivity index (χ2n) is 6.07. The van der Waals surface area contributed by atoms with Gasteiger partial charge >= 0.3 is 0 Å². The number of hydrogen-bond donors (Lipinski definition) is 0. The van der Waals surface area contributed by atoms with Crippen LogP contribution in [0.15, 0.2) is 71.6 Å². The molecule has 136 valence electrons. The number of methoxy groups -OCH3 is 1. The molecule has 4 aromatic carbocycles. The van der Waals surface area contributed by atoms with Crippen LogP contribution in [-0.2, 0) is 15.3 Å². The van der Waals surface area contributed by atoms with E-state index in [1.165, 1.54) is 7.11 Å². The van der Waals surface area contributed by atoms with Crippen molar-refractivity contribution in [2.24, 2.45) is 0 Å². The summed E-state index contributed by atoms with van der Waals surface area (Å²) in [6.07, 6.45) is 0. The first-order valence-electron chi connectivity index (χ1n) is 8.38. The molecule has 5 heteroatoms. The molecule has 0 aromatic heterocycles. The largest absolute Gasteiger partial charge is 0.496 e. The first-order valence-corrected chi connectivity index (χ1v) is 10.5. The van der Waals surface area contributed by atoms with Gasteiger partial charge in [0.05, 0.1) is 19.1 Å². The van der Waals surface area contributed by atoms with Gasteiger partial charge in [-0.1, -0.05) is 42.5 Å². The fourth-order valence-corrected chi connectivity index (χ4v) is 4.70. The predicted molar refractivity (Wildman–Crippen MR) is 120 cm³/mol. The molecule has 0 fully saturated rings. The van der Waals surface area contributed by atoms with Gasteiger partial charge in [0.15, 0.2) is 11.1 Å². The molecule has 1 unspecified atom stereocenters. The maximum Gasteiger partial charge on any atom is 0.189 e. The van der Waals surface area contributed by atoms with E-state index in [0.29, 0.717) is 4.90 Å². The average Bonchev–Trinajstić information content (AvgIpc) is 2.71. The van der Waals surface area contributed by atoms with Crippen molar-refractivity contribution in [2.45, 2.75) is 4.90 Å². The highest BCUT2D eigenvalue weighted by atomic mass is 127. The van der Waals surface area contributed by atoms with Crippen molar-refractivity contribution in [1.82, 2.24) is 0 Å². The fraction of sp³-hybridized carbons (Fsp3) is 0.0909. The first-order chi connectivity index (χ1) is 13.1. The maximum atomic E-state index is 12.7. The van der Waals surface area contributed by atoms with Gasteiger partial charge in [0, 0.05) is 14.7 Å². The lowest BCUT2D eigenvalue weighted by molar-refractivity contribution is 0.417. The first kappa shape index (κ1) is 18.4. The van der Waals surface area contributed by atoms with E-state index in [1.54, 1.807) is 7.11 Å². The summed E-state index contributed by atoms with van der Waals surface area (Å²) in [5.74, 6) is 0.745. The zero-order valence-electron chi connectivity index (χ0n) is 14.9. The highest BCUT2D eigenvalue weighted by Crippen LogP contribution is 2.43. The van der Waals surface area contributed by atoms with Gasteiger partial charge in [-0.3, -0.25) is 4.18 Å². The molecule has 27 heavy (non-hydrogen) atoms. The summed E-state index contributed by atoms with van der Waals surface area (Å²) < 4.78 is 24.7. The van der Waals surface area contributed by atoms with Crippen molar-refractivity contribution < 1.29 is 13.1 Å². The minimum absolute atomic E-state index is 0.639. The van der Waals surface area contributed by atoms with Crippen LogP contribution in [0, 0.1) is 3.57 Å². The lowest BCUT2D eigenvalue weighted by Crippen LogP contribution is -1.99. The van der Waals surface area contributed by atoms with E-state index in [9.17, 15) is 4.21 Å². The highest BCUT2D eigenvalue weighted by Gasteiger charge is 2.20. The van der Waals surface area contributed by atoms with Crippen LogP contribution in [0.3, 0.4) is 0 Å². The van der Waals surface area contributed by atoms with Gasteiger partial charge in [0.2, 0.25) is 0 Å². The van der Waals surface area contributed by atoms with Crippen molar-refractivity contribution in [3.05, 3.63) is 70.3 Å². The monoisotopic (exact) mass is 488 g/mol. The molecule has 0 spiro atoms. The Labute approximate surface area is 174 Å². The minimum Gasteiger partial charge on any atom is -0.496 e. The zero-order valence-corrected chi connectivity index (χ0v) is 17.8. The number of halogens is 1. The normalized spacial score (nSPS) is 12.4. The quantitative estimate of drug-likeness (QED) is 0.334. The summed E-state index contributed by atoms with van der Waals surface area (Å²) >= 11 is 0.737. The van der Waals surface area contributed by atoms with Crippen LogP contribution in [0.25, 0.3) is 32.7 Å². The number of benzene rings is 4. The Kier molecular flexibility index (Phi) is 5.16. The molecule has 0 aliphatic carbocycles. The van der Waals surface area contributed by atoms with Gasteiger partial charge in [-0.15, -0.1) is 0 Å². The van der Waals surface area contributed by atoms with Crippen LogP contribution in [0.5, 0.6) is 5.75 Å². The van der Waals surface area contributed by atoms with Gasteiger partial charge < -0.3 is 4.74 Å². The molecule has 0 heterocycles. The summed E-state index contributed by atoms with van der Waals surface area (Å²) in [5, 5.41) is 4.26. The number of rotatable bonds is 4. The standard InChI is InChI=1S/C22H17IO3S/c1-25-19-11-7-15-13-16(23)9-10-18(15)21(19)22-17-6-4-3-5-14(17)8-12-20(22)27(24)26-2/h3-13H,1-2H3. The molecular weight excluding hydrogens is 471 g/mol. The van der Waals surface area contributed by atoms with Gasteiger partial charge in [0.1, 0.15) is 5.75 Å². The van der Waals surface area contributed by atoms with Crippen molar-refractivity contribution in [3.63, 3.8) is 0 Å². The Morgan fingerprint density at radius 1 is 0.815 bits per heavy atom. The van der Waals surface area contributed by atoms with Gasteiger partial charge in [0.25, 0.3) is 0 Å². The van der Waals surface area contributed by atoms with Gasteiger partial charge in [-0.25, -0.2) is 4.21 Å². The molecule has 0 N–H and O–H groups in total. The molecule has 0 saturated heterocycles. The van der Waals surface area contributed by atoms with Crippen molar-refractivity contribution in [2.75, 3.05) is 14.2 Å². The Morgan fingerprint density at radius 2 is 1.56 bits per heavy atom. The molecule has 0 radical (unpaired) electrons. The highest BCUT2D eigenvalue weighted by molar-refractivity contribution is 14.1. The lowest BCUT2D eigenvalue weighted by Gasteiger charge is -2.17. The van der Waals surface area contributed by atoms with Crippen molar-refractivity contribution >= 4 is 55.2 Å². The smallest absolute Gasteiger partial charge is 0.189 e. The Hall–Kier alpha value is -1.96. The fourth-order valence-electron chi connectivity index (χ4n) is 3.45. The van der Waals surface area contributed by atoms with Crippen LogP contribution >= 0.6 is 22.6 Å². The summed E-state index contributed by atoms with van der Waals surface area (Å²) in [6.45, 7) is 0. The molecular formula is C22H17IO3S. The van der Waals surface area contributed by atoms with Gasteiger partial charge in [-0.2, -0.15) is 0 Å². The second kappa shape index (κ2) is 7.58. The van der Waals surface area contributed by atoms with Crippen molar-refractivity contribution in [3.8, 4) is 16.9 Å². The van der Waals surface area contributed by atoms with Gasteiger partial charge in [-0.05, 0) is 68.4 Å². The second-order valence-corrected chi connectivity index (χ2v) is 8.56. The summed E-state index contributed by atoms with van der Waals surface area (Å²) in [7, 11) is 3.12. The Morgan fingerprint density at radius 3 is 2.33 bits per heavy atom. The van der Waals surface area contributed by atoms with E-state index in [-0.39, 0.29) is 0 Å². The van der Waals surface area contributed by atoms with E-state index < -0.39 is 11.1 Å². The third kappa shape index (κ3) is 3.24. The third-order valence-electron chi connectivity index (χ3n) is 4.64. The van der Waals surface area contributed by atoms with E-state index in [1.807, 2.05) is 36.4 Å². The molecule has 0 aliphatic heterocycles. The third-order valence-corrected chi connectivity index (χ3v) is 6.31. The SMILES string of the molecule is COc1ccc2cc(I)ccc2c1-c1c(S(=O)OC)ccc2ccccc12. The van der Waals surface area contributed by atoms with Crippen LogP contribution in [0.2, 0.25) is 0 Å². The van der Waals surface area contributed by atoms with E-state index in [2.05, 4.69) is 52.9 Å². The molecule has 0 amide bonds. The van der Waals surface area contributed by atoms with E-state index >= 15 is 0 Å². The van der Waals surface area contributed by atoms with Crippen molar-refractivity contribution in [1.29, 1.82) is 0 Å². The molecule has 4 rings (SSSR count). The zero-order chi connectivity index (χ0) is 19.0. The number of hydrogen-bond acceptors (Lipinski definition) is 3. The Bertz CT molecular complexity index is 1190. The molecule has 1 atom stereocenters. The summed E-state index contributed by atoms with van der Waals surface area (Å²) in [6, 6.07) is 22.3. The molecule has 0 bridgehead atoms. The van der Waals surface area contributed by atoms with Crippen LogP contribution < -0.4 is 4.74 Å². The molecule has 0 aliphatic rings.